The third-order valence-corrected chi connectivity index (χ3v) is 8.74. The Morgan fingerprint density at radius 1 is 0.487 bits per heavy atom. The smallest absolute Gasteiger partial charge is 0.316 e. The molecule has 0 saturated heterocycles. The lowest BCUT2D eigenvalue weighted by molar-refractivity contribution is -0.137. The van der Waals surface area contributed by atoms with Gasteiger partial charge in [0, 0.05) is 6.42 Å². The molecule has 2 N–H and O–H groups in total. The van der Waals surface area contributed by atoms with Gasteiger partial charge in [0.25, 0.3) is 0 Å². The van der Waals surface area contributed by atoms with E-state index in [1.807, 2.05) is 0 Å². The molecule has 0 radical (unpaired) electrons. The van der Waals surface area contributed by atoms with Crippen LogP contribution in [0.2, 0.25) is 0 Å². The molecule has 1 unspecified atom stereocenters. The maximum Gasteiger partial charge on any atom is 0.316 e. The van der Waals surface area contributed by atoms with Crippen molar-refractivity contribution in [2.24, 2.45) is 0 Å². The van der Waals surface area contributed by atoms with E-state index in [-0.39, 0.29) is 11.7 Å². The lowest BCUT2D eigenvalue weighted by atomic mass is 10.0. The van der Waals surface area contributed by atoms with Crippen LogP contribution in [0.4, 0.5) is 0 Å². The largest absolute Gasteiger partial charge is 0.481 e. The molecule has 0 aromatic rings. The topological polar surface area (TPSA) is 74.6 Å². The summed E-state index contributed by atoms with van der Waals surface area (Å²) in [6.45, 7) is 5.68. The van der Waals surface area contributed by atoms with Crippen LogP contribution in [-0.4, -0.2) is 33.2 Å². The number of thioether (sulfide) groups is 1. The summed E-state index contributed by atoms with van der Waals surface area (Å²) < 4.78 is 0. The van der Waals surface area contributed by atoms with Crippen molar-refractivity contribution in [2.45, 2.75) is 199 Å². The molecule has 0 aromatic carbocycles. The van der Waals surface area contributed by atoms with E-state index >= 15 is 0 Å². The van der Waals surface area contributed by atoms with Crippen molar-refractivity contribution < 1.29 is 19.8 Å². The fourth-order valence-electron chi connectivity index (χ4n) is 4.75. The average molecular weight is 573 g/mol. The van der Waals surface area contributed by atoms with Gasteiger partial charge in [0.2, 0.25) is 0 Å². The van der Waals surface area contributed by atoms with E-state index in [4.69, 9.17) is 10.2 Å². The lowest BCUT2D eigenvalue weighted by Crippen LogP contribution is -2.11. The number of hydrogen-bond acceptors (Lipinski definition) is 3. The molecule has 0 heterocycles. The Balaban J connectivity index is 0. The van der Waals surface area contributed by atoms with Gasteiger partial charge in [-0.25, -0.2) is 0 Å². The zero-order valence-electron chi connectivity index (χ0n) is 26.5. The van der Waals surface area contributed by atoms with Crippen LogP contribution in [0, 0.1) is 0 Å². The maximum absolute atomic E-state index is 10.8. The third-order valence-electron chi connectivity index (χ3n) is 7.52. The molecule has 0 aromatic heterocycles. The SMILES string of the molecule is CCC(=O)O.CCCCCCCCCCCCCCCCCCCCCCCCCCCCSC(C)C(=O)O. The van der Waals surface area contributed by atoms with Gasteiger partial charge in [0.15, 0.2) is 0 Å². The quantitative estimate of drug-likeness (QED) is 0.0837. The highest BCUT2D eigenvalue weighted by atomic mass is 32.2. The van der Waals surface area contributed by atoms with Gasteiger partial charge in [-0.3, -0.25) is 9.59 Å². The minimum atomic E-state index is -0.745. The highest BCUT2D eigenvalue weighted by molar-refractivity contribution is 8.00. The van der Waals surface area contributed by atoms with E-state index < -0.39 is 11.9 Å². The summed E-state index contributed by atoms with van der Waals surface area (Å²) in [4.78, 5) is 20.1. The first kappa shape index (κ1) is 40.4. The monoisotopic (exact) mass is 572 g/mol. The molecule has 0 bridgehead atoms. The minimum absolute atomic E-state index is 0.222. The average Bonchev–Trinajstić information content (AvgIpc) is 2.92. The Morgan fingerprint density at radius 2 is 0.718 bits per heavy atom. The Labute approximate surface area is 248 Å². The summed E-state index contributed by atoms with van der Waals surface area (Å²) in [6, 6.07) is 0. The zero-order chi connectivity index (χ0) is 29.2. The first-order valence-corrected chi connectivity index (χ1v) is 18.1. The molecule has 234 valence electrons. The molecule has 4 nitrogen and oxygen atoms in total. The molecule has 0 aliphatic rings. The molecule has 39 heavy (non-hydrogen) atoms. The Morgan fingerprint density at radius 3 is 0.923 bits per heavy atom. The van der Waals surface area contributed by atoms with Gasteiger partial charge in [0.1, 0.15) is 0 Å². The number of carbonyl (C=O) groups is 2. The van der Waals surface area contributed by atoms with Crippen LogP contribution in [0.1, 0.15) is 194 Å². The van der Waals surface area contributed by atoms with E-state index in [0.29, 0.717) is 0 Å². The fraction of sp³-hybridized carbons (Fsp3) is 0.941. The summed E-state index contributed by atoms with van der Waals surface area (Å²) in [7, 11) is 0. The van der Waals surface area contributed by atoms with Crippen LogP contribution in [-0.2, 0) is 9.59 Å². The second-order valence-electron chi connectivity index (χ2n) is 11.4. The van der Waals surface area contributed by atoms with Crippen LogP contribution in [0.25, 0.3) is 0 Å². The lowest BCUT2D eigenvalue weighted by Gasteiger charge is -2.06. The number of unbranched alkanes of at least 4 members (excludes halogenated alkanes) is 25. The predicted molar refractivity (Wildman–Crippen MR) is 173 cm³/mol. The molecular weight excluding hydrogens is 504 g/mol. The highest BCUT2D eigenvalue weighted by Gasteiger charge is 2.09. The van der Waals surface area contributed by atoms with Crippen LogP contribution >= 0.6 is 11.8 Å². The first-order chi connectivity index (χ1) is 19.0. The van der Waals surface area contributed by atoms with E-state index in [1.165, 1.54) is 167 Å². The zero-order valence-corrected chi connectivity index (χ0v) is 27.3. The first-order valence-electron chi connectivity index (χ1n) is 17.0. The molecule has 0 amide bonds. The van der Waals surface area contributed by atoms with Crippen molar-refractivity contribution in [3.8, 4) is 0 Å². The van der Waals surface area contributed by atoms with Crippen molar-refractivity contribution in [2.75, 3.05) is 5.75 Å². The number of carboxylic acids is 2. The molecule has 0 saturated carbocycles. The molecule has 0 rings (SSSR count). The third kappa shape index (κ3) is 39.5. The Bertz CT molecular complexity index is 498. The second kappa shape index (κ2) is 35.3. The van der Waals surface area contributed by atoms with Gasteiger partial charge in [-0.2, -0.15) is 0 Å². The number of carboxylic acid groups (broad SMARTS) is 2. The molecule has 1 atom stereocenters. The number of aliphatic carboxylic acids is 2. The van der Waals surface area contributed by atoms with Gasteiger partial charge in [-0.15, -0.1) is 11.8 Å². The summed E-state index contributed by atoms with van der Waals surface area (Å²) in [5.41, 5.74) is 0. The van der Waals surface area contributed by atoms with Crippen LogP contribution in [0.3, 0.4) is 0 Å². The van der Waals surface area contributed by atoms with Gasteiger partial charge in [-0.05, 0) is 19.1 Å². The Kier molecular flexibility index (Phi) is 36.6. The minimum Gasteiger partial charge on any atom is -0.481 e. The molecule has 0 fully saturated rings. The normalized spacial score (nSPS) is 11.7. The summed E-state index contributed by atoms with van der Waals surface area (Å²) in [6.07, 6.45) is 37.2. The molecule has 0 spiro atoms. The van der Waals surface area contributed by atoms with Crippen molar-refractivity contribution in [1.82, 2.24) is 0 Å². The molecule has 0 aliphatic heterocycles. The van der Waals surface area contributed by atoms with Crippen LogP contribution in [0.5, 0.6) is 0 Å². The number of rotatable bonds is 30. The maximum atomic E-state index is 10.8. The van der Waals surface area contributed by atoms with Gasteiger partial charge < -0.3 is 10.2 Å². The summed E-state index contributed by atoms with van der Waals surface area (Å²) >= 11 is 1.58. The van der Waals surface area contributed by atoms with E-state index in [1.54, 1.807) is 25.6 Å². The van der Waals surface area contributed by atoms with E-state index in [0.717, 1.165) is 5.75 Å². The fourth-order valence-corrected chi connectivity index (χ4v) is 5.62. The summed E-state index contributed by atoms with van der Waals surface area (Å²) in [5, 5.41) is 16.3. The van der Waals surface area contributed by atoms with Gasteiger partial charge in [-0.1, -0.05) is 174 Å². The molecule has 0 aliphatic carbocycles. The van der Waals surface area contributed by atoms with E-state index in [2.05, 4.69) is 6.92 Å². The van der Waals surface area contributed by atoms with Crippen molar-refractivity contribution in [3.05, 3.63) is 0 Å². The summed E-state index contributed by atoms with van der Waals surface area (Å²) in [5.74, 6) is -0.433. The molecule has 5 heteroatoms. The molecular formula is C34H68O4S. The van der Waals surface area contributed by atoms with Crippen molar-refractivity contribution in [3.63, 3.8) is 0 Å². The standard InChI is InChI=1S/C31H62O2S.C3H6O2/c1-3-4-5-6-7-8-9-10-11-12-13-14-15-16-17-18-19-20-21-22-23-24-25-26-27-28-29-34-30(2)31(32)33;1-2-3(4)5/h30H,3-29H2,1-2H3,(H,32,33);2H2,1H3,(H,4,5). The van der Waals surface area contributed by atoms with Crippen molar-refractivity contribution in [1.29, 1.82) is 0 Å². The highest BCUT2D eigenvalue weighted by Crippen LogP contribution is 2.17. The van der Waals surface area contributed by atoms with E-state index in [9.17, 15) is 9.59 Å². The number of hydrogen-bond donors (Lipinski definition) is 2. The van der Waals surface area contributed by atoms with Gasteiger partial charge >= 0.3 is 11.9 Å². The Hall–Kier alpha value is -0.710. The van der Waals surface area contributed by atoms with Crippen LogP contribution < -0.4 is 0 Å². The van der Waals surface area contributed by atoms with Crippen LogP contribution in [0.15, 0.2) is 0 Å². The second-order valence-corrected chi connectivity index (χ2v) is 12.9. The van der Waals surface area contributed by atoms with Gasteiger partial charge in [0.05, 0.1) is 5.25 Å². The predicted octanol–water partition coefficient (Wildman–Crippen LogP) is 11.8. The van der Waals surface area contributed by atoms with Crippen molar-refractivity contribution >= 4 is 23.7 Å².